The second-order valence-corrected chi connectivity index (χ2v) is 5.90. The van der Waals surface area contributed by atoms with Crippen molar-refractivity contribution in [3.05, 3.63) is 29.8 Å². The SMILES string of the molecule is CCC(C)(C)c1ccc(OC(CN)C(C)C)cc1. The summed E-state index contributed by atoms with van der Waals surface area (Å²) in [5.74, 6) is 1.34. The van der Waals surface area contributed by atoms with E-state index in [-0.39, 0.29) is 11.5 Å². The van der Waals surface area contributed by atoms with Gasteiger partial charge in [-0.15, -0.1) is 0 Å². The number of ether oxygens (including phenoxy) is 1. The minimum atomic E-state index is 0.0926. The first-order valence-electron chi connectivity index (χ1n) is 6.88. The minimum absolute atomic E-state index is 0.0926. The molecule has 0 bridgehead atoms. The summed E-state index contributed by atoms with van der Waals surface area (Å²) in [5.41, 5.74) is 7.30. The third kappa shape index (κ3) is 3.74. The number of nitrogens with two attached hydrogens (primary N) is 1. The summed E-state index contributed by atoms with van der Waals surface area (Å²) in [6, 6.07) is 8.43. The van der Waals surface area contributed by atoms with Crippen molar-refractivity contribution in [2.75, 3.05) is 6.54 Å². The lowest BCUT2D eigenvalue weighted by Gasteiger charge is -2.25. The van der Waals surface area contributed by atoms with Crippen LogP contribution in [0.1, 0.15) is 46.6 Å². The van der Waals surface area contributed by atoms with Gasteiger partial charge in [-0.25, -0.2) is 0 Å². The zero-order chi connectivity index (χ0) is 13.8. The van der Waals surface area contributed by atoms with E-state index in [9.17, 15) is 0 Å². The molecule has 0 heterocycles. The van der Waals surface area contributed by atoms with Crippen molar-refractivity contribution in [1.29, 1.82) is 0 Å². The smallest absolute Gasteiger partial charge is 0.119 e. The lowest BCUT2D eigenvalue weighted by atomic mass is 9.82. The predicted molar refractivity (Wildman–Crippen MR) is 78.1 cm³/mol. The molecule has 2 heteroatoms. The zero-order valence-electron chi connectivity index (χ0n) is 12.4. The molecule has 0 amide bonds. The van der Waals surface area contributed by atoms with Gasteiger partial charge in [0.2, 0.25) is 0 Å². The molecule has 1 rings (SSSR count). The summed E-state index contributed by atoms with van der Waals surface area (Å²) >= 11 is 0. The molecule has 0 aromatic heterocycles. The highest BCUT2D eigenvalue weighted by molar-refractivity contribution is 5.31. The molecule has 18 heavy (non-hydrogen) atoms. The Morgan fingerprint density at radius 1 is 1.17 bits per heavy atom. The summed E-state index contributed by atoms with van der Waals surface area (Å²) in [7, 11) is 0. The second-order valence-electron chi connectivity index (χ2n) is 5.90. The summed E-state index contributed by atoms with van der Waals surface area (Å²) in [6.45, 7) is 11.6. The van der Waals surface area contributed by atoms with Crippen molar-refractivity contribution in [1.82, 2.24) is 0 Å². The molecule has 0 saturated heterocycles. The fourth-order valence-corrected chi connectivity index (χ4v) is 1.82. The van der Waals surface area contributed by atoms with Gasteiger partial charge in [0, 0.05) is 6.54 Å². The van der Waals surface area contributed by atoms with Gasteiger partial charge in [0.25, 0.3) is 0 Å². The van der Waals surface area contributed by atoms with Gasteiger partial charge < -0.3 is 10.5 Å². The van der Waals surface area contributed by atoms with Gasteiger partial charge in [-0.05, 0) is 35.4 Å². The molecule has 0 radical (unpaired) electrons. The van der Waals surface area contributed by atoms with E-state index in [0.29, 0.717) is 12.5 Å². The van der Waals surface area contributed by atoms with Crippen LogP contribution in [-0.2, 0) is 5.41 Å². The molecule has 0 fully saturated rings. The van der Waals surface area contributed by atoms with Crippen molar-refractivity contribution in [2.45, 2.75) is 52.6 Å². The number of hydrogen-bond donors (Lipinski definition) is 1. The van der Waals surface area contributed by atoms with Crippen LogP contribution in [0, 0.1) is 5.92 Å². The van der Waals surface area contributed by atoms with Crippen LogP contribution in [0.5, 0.6) is 5.75 Å². The molecule has 0 aliphatic heterocycles. The molecule has 1 atom stereocenters. The average Bonchev–Trinajstić information content (AvgIpc) is 2.36. The van der Waals surface area contributed by atoms with Crippen molar-refractivity contribution < 1.29 is 4.74 Å². The number of hydrogen-bond acceptors (Lipinski definition) is 2. The fraction of sp³-hybridized carbons (Fsp3) is 0.625. The molecule has 1 unspecified atom stereocenters. The first-order chi connectivity index (χ1) is 8.40. The van der Waals surface area contributed by atoms with Crippen LogP contribution in [0.4, 0.5) is 0 Å². The summed E-state index contributed by atoms with van der Waals surface area (Å²) < 4.78 is 5.90. The van der Waals surface area contributed by atoms with E-state index in [1.165, 1.54) is 5.56 Å². The number of benzene rings is 1. The maximum Gasteiger partial charge on any atom is 0.119 e. The molecule has 1 aromatic rings. The fourth-order valence-electron chi connectivity index (χ4n) is 1.82. The maximum atomic E-state index is 5.90. The molecular formula is C16H27NO. The second kappa shape index (κ2) is 6.24. The van der Waals surface area contributed by atoms with Gasteiger partial charge in [-0.3, -0.25) is 0 Å². The quantitative estimate of drug-likeness (QED) is 0.833. The van der Waals surface area contributed by atoms with Crippen molar-refractivity contribution in [3.63, 3.8) is 0 Å². The van der Waals surface area contributed by atoms with Gasteiger partial charge in [0.05, 0.1) is 0 Å². The zero-order valence-corrected chi connectivity index (χ0v) is 12.4. The largest absolute Gasteiger partial charge is 0.489 e. The Balaban J connectivity index is 2.77. The van der Waals surface area contributed by atoms with Gasteiger partial charge in [-0.2, -0.15) is 0 Å². The van der Waals surface area contributed by atoms with E-state index in [1.54, 1.807) is 0 Å². The highest BCUT2D eigenvalue weighted by atomic mass is 16.5. The molecule has 0 spiro atoms. The molecule has 0 aliphatic rings. The molecule has 0 saturated carbocycles. The Labute approximate surface area is 112 Å². The Kier molecular flexibility index (Phi) is 5.21. The van der Waals surface area contributed by atoms with Crippen LogP contribution in [0.2, 0.25) is 0 Å². The van der Waals surface area contributed by atoms with Crippen LogP contribution in [-0.4, -0.2) is 12.6 Å². The Morgan fingerprint density at radius 3 is 2.11 bits per heavy atom. The van der Waals surface area contributed by atoms with E-state index >= 15 is 0 Å². The van der Waals surface area contributed by atoms with E-state index in [1.807, 2.05) is 0 Å². The lowest BCUT2D eigenvalue weighted by molar-refractivity contribution is 0.159. The Bertz CT molecular complexity index is 354. The van der Waals surface area contributed by atoms with Crippen LogP contribution >= 0.6 is 0 Å². The standard InChI is InChI=1S/C16H27NO/c1-6-16(4,5)13-7-9-14(10-8-13)18-15(11-17)12(2)3/h7-10,12,15H,6,11,17H2,1-5H3. The Hall–Kier alpha value is -1.02. The Morgan fingerprint density at radius 2 is 1.72 bits per heavy atom. The normalized spacial score (nSPS) is 13.7. The van der Waals surface area contributed by atoms with Gasteiger partial charge in [-0.1, -0.05) is 46.8 Å². The van der Waals surface area contributed by atoms with E-state index in [4.69, 9.17) is 10.5 Å². The van der Waals surface area contributed by atoms with Gasteiger partial charge >= 0.3 is 0 Å². The van der Waals surface area contributed by atoms with Gasteiger partial charge in [0.1, 0.15) is 11.9 Å². The highest BCUT2D eigenvalue weighted by Crippen LogP contribution is 2.28. The average molecular weight is 249 g/mol. The molecule has 2 N–H and O–H groups in total. The van der Waals surface area contributed by atoms with Crippen LogP contribution in [0.3, 0.4) is 0 Å². The van der Waals surface area contributed by atoms with E-state index < -0.39 is 0 Å². The predicted octanol–water partition coefficient (Wildman–Crippen LogP) is 3.74. The first kappa shape index (κ1) is 15.0. The molecule has 2 nitrogen and oxygen atoms in total. The minimum Gasteiger partial charge on any atom is -0.489 e. The van der Waals surface area contributed by atoms with Crippen LogP contribution in [0.15, 0.2) is 24.3 Å². The summed E-state index contributed by atoms with van der Waals surface area (Å²) in [6.07, 6.45) is 1.22. The molecule has 0 aliphatic carbocycles. The van der Waals surface area contributed by atoms with E-state index in [0.717, 1.165) is 12.2 Å². The van der Waals surface area contributed by atoms with Gasteiger partial charge in [0.15, 0.2) is 0 Å². The van der Waals surface area contributed by atoms with E-state index in [2.05, 4.69) is 58.9 Å². The highest BCUT2D eigenvalue weighted by Gasteiger charge is 2.18. The first-order valence-corrected chi connectivity index (χ1v) is 6.88. The molecule has 1 aromatic carbocycles. The number of rotatable bonds is 6. The molecule has 102 valence electrons. The third-order valence-electron chi connectivity index (χ3n) is 3.78. The van der Waals surface area contributed by atoms with Crippen molar-refractivity contribution in [3.8, 4) is 5.75 Å². The third-order valence-corrected chi connectivity index (χ3v) is 3.78. The maximum absolute atomic E-state index is 5.90. The van der Waals surface area contributed by atoms with Crippen LogP contribution in [0.25, 0.3) is 0 Å². The van der Waals surface area contributed by atoms with Crippen molar-refractivity contribution >= 4 is 0 Å². The monoisotopic (exact) mass is 249 g/mol. The summed E-state index contributed by atoms with van der Waals surface area (Å²) in [5, 5.41) is 0. The topological polar surface area (TPSA) is 35.2 Å². The lowest BCUT2D eigenvalue weighted by Crippen LogP contribution is -2.31. The van der Waals surface area contributed by atoms with Crippen LogP contribution < -0.4 is 10.5 Å². The summed E-state index contributed by atoms with van der Waals surface area (Å²) in [4.78, 5) is 0. The molecular weight excluding hydrogens is 222 g/mol. The van der Waals surface area contributed by atoms with Crippen molar-refractivity contribution in [2.24, 2.45) is 11.7 Å².